The average molecular weight is 459 g/mol. The van der Waals surface area contributed by atoms with Crippen LogP contribution in [0.5, 0.6) is 0 Å². The van der Waals surface area contributed by atoms with E-state index in [-0.39, 0.29) is 15.5 Å². The summed E-state index contributed by atoms with van der Waals surface area (Å²) in [5, 5.41) is 3.16. The molecule has 2 rings (SSSR count). The van der Waals surface area contributed by atoms with Gasteiger partial charge in [-0.1, -0.05) is 43.1 Å². The molecule has 0 aliphatic rings. The van der Waals surface area contributed by atoms with Gasteiger partial charge in [0.15, 0.2) is 6.61 Å². The topological polar surface area (TPSA) is 92.8 Å². The number of benzene rings is 2. The first-order chi connectivity index (χ1) is 13.7. The summed E-state index contributed by atoms with van der Waals surface area (Å²) in [5.74, 6) is -1.42. The van der Waals surface area contributed by atoms with E-state index >= 15 is 0 Å². The van der Waals surface area contributed by atoms with Crippen molar-refractivity contribution in [3.05, 3.63) is 58.1 Å². The van der Waals surface area contributed by atoms with Crippen molar-refractivity contribution in [1.29, 1.82) is 0 Å². The first kappa shape index (κ1) is 23.2. The van der Waals surface area contributed by atoms with E-state index in [9.17, 15) is 18.0 Å². The third kappa shape index (κ3) is 5.93. The minimum atomic E-state index is -3.72. The second kappa shape index (κ2) is 10.1. The highest BCUT2D eigenvalue weighted by atomic mass is 35.5. The van der Waals surface area contributed by atoms with Crippen LogP contribution in [0.4, 0.5) is 5.69 Å². The van der Waals surface area contributed by atoms with Gasteiger partial charge in [0.2, 0.25) is 10.0 Å². The minimum absolute atomic E-state index is 0.0203. The lowest BCUT2D eigenvalue weighted by atomic mass is 10.2. The number of amides is 1. The fraction of sp³-hybridized carbons (Fsp3) is 0.263. The Labute approximate surface area is 179 Å². The van der Waals surface area contributed by atoms with Crippen molar-refractivity contribution in [2.75, 3.05) is 25.0 Å². The van der Waals surface area contributed by atoms with E-state index in [0.717, 1.165) is 0 Å². The van der Waals surface area contributed by atoms with Gasteiger partial charge in [-0.25, -0.2) is 13.2 Å². The molecule has 1 amide bonds. The number of halogens is 2. The summed E-state index contributed by atoms with van der Waals surface area (Å²) in [6, 6.07) is 10.0. The molecule has 0 unspecified atom stereocenters. The van der Waals surface area contributed by atoms with Gasteiger partial charge >= 0.3 is 5.97 Å². The molecule has 0 spiro atoms. The van der Waals surface area contributed by atoms with Gasteiger partial charge in [-0.15, -0.1) is 0 Å². The molecule has 0 fully saturated rings. The van der Waals surface area contributed by atoms with Gasteiger partial charge in [0.1, 0.15) is 0 Å². The number of hydrogen-bond acceptors (Lipinski definition) is 5. The number of rotatable bonds is 8. The molecule has 29 heavy (non-hydrogen) atoms. The van der Waals surface area contributed by atoms with E-state index in [4.69, 9.17) is 27.9 Å². The second-order valence-electron chi connectivity index (χ2n) is 5.87. The van der Waals surface area contributed by atoms with Crippen LogP contribution in [-0.2, 0) is 19.6 Å². The molecule has 0 saturated heterocycles. The monoisotopic (exact) mass is 458 g/mol. The van der Waals surface area contributed by atoms with Crippen molar-refractivity contribution < 1.29 is 22.7 Å². The lowest BCUT2D eigenvalue weighted by molar-refractivity contribution is -0.119. The van der Waals surface area contributed by atoms with E-state index in [1.54, 1.807) is 19.9 Å². The van der Waals surface area contributed by atoms with Crippen LogP contribution in [0, 0.1) is 0 Å². The van der Waals surface area contributed by atoms with Gasteiger partial charge in [-0.05, 0) is 36.4 Å². The number of nitrogens with zero attached hydrogens (tertiary/aromatic N) is 1. The van der Waals surface area contributed by atoms with Gasteiger partial charge in [-0.3, -0.25) is 4.79 Å². The quantitative estimate of drug-likeness (QED) is 0.606. The molecule has 0 radical (unpaired) electrons. The molecular formula is C19H20Cl2N2O5S. The molecule has 0 aromatic heterocycles. The summed E-state index contributed by atoms with van der Waals surface area (Å²) in [7, 11) is -3.72. The number of carbonyl (C=O) groups is 2. The van der Waals surface area contributed by atoms with E-state index in [1.165, 1.54) is 40.7 Å². The molecule has 0 aliphatic carbocycles. The Balaban J connectivity index is 2.05. The van der Waals surface area contributed by atoms with Gasteiger partial charge < -0.3 is 10.1 Å². The maximum atomic E-state index is 12.6. The van der Waals surface area contributed by atoms with Crippen LogP contribution in [0.1, 0.15) is 24.2 Å². The molecule has 2 aromatic rings. The molecule has 2 aromatic carbocycles. The summed E-state index contributed by atoms with van der Waals surface area (Å²) in [4.78, 5) is 24.2. The zero-order valence-electron chi connectivity index (χ0n) is 15.8. The largest absolute Gasteiger partial charge is 0.452 e. The molecule has 7 nitrogen and oxygen atoms in total. The lowest BCUT2D eigenvalue weighted by Gasteiger charge is -2.18. The van der Waals surface area contributed by atoms with Crippen molar-refractivity contribution in [2.45, 2.75) is 18.7 Å². The van der Waals surface area contributed by atoms with Crippen LogP contribution in [0.15, 0.2) is 47.4 Å². The number of nitrogens with one attached hydrogen (secondary N) is 1. The summed E-state index contributed by atoms with van der Waals surface area (Å²) in [6.07, 6.45) is 0. The van der Waals surface area contributed by atoms with Crippen LogP contribution >= 0.6 is 23.2 Å². The maximum absolute atomic E-state index is 12.6. The Bertz CT molecular complexity index is 1010. The number of carbonyl (C=O) groups excluding carboxylic acids is 2. The van der Waals surface area contributed by atoms with Gasteiger partial charge in [0.05, 0.1) is 21.2 Å². The highest BCUT2D eigenvalue weighted by Gasteiger charge is 2.23. The first-order valence-electron chi connectivity index (χ1n) is 8.71. The van der Waals surface area contributed by atoms with E-state index < -0.39 is 28.5 Å². The molecule has 10 heteroatoms. The van der Waals surface area contributed by atoms with Crippen LogP contribution in [-0.4, -0.2) is 44.3 Å². The van der Waals surface area contributed by atoms with E-state index in [0.29, 0.717) is 23.8 Å². The SMILES string of the molecule is CCN(CC)S(=O)(=O)c1cccc(C(=O)OCC(=O)Nc2ccc(Cl)cc2Cl)c1. The minimum Gasteiger partial charge on any atom is -0.452 e. The molecule has 0 atom stereocenters. The van der Waals surface area contributed by atoms with Gasteiger partial charge in [0, 0.05) is 18.1 Å². The Morgan fingerprint density at radius 1 is 1.07 bits per heavy atom. The predicted octanol–water partition coefficient (Wildman–Crippen LogP) is 3.82. The second-order valence-corrected chi connectivity index (χ2v) is 8.65. The Morgan fingerprint density at radius 3 is 2.38 bits per heavy atom. The van der Waals surface area contributed by atoms with Crippen LogP contribution in [0.25, 0.3) is 0 Å². The van der Waals surface area contributed by atoms with Crippen LogP contribution in [0.2, 0.25) is 10.0 Å². The van der Waals surface area contributed by atoms with Gasteiger partial charge in [-0.2, -0.15) is 4.31 Å². The van der Waals surface area contributed by atoms with Crippen molar-refractivity contribution in [3.8, 4) is 0 Å². The Hall–Kier alpha value is -2.13. The standard InChI is InChI=1S/C19H20Cl2N2O5S/c1-3-23(4-2)29(26,27)15-7-5-6-13(10-15)19(25)28-12-18(24)22-17-9-8-14(20)11-16(17)21/h5-11H,3-4,12H2,1-2H3,(H,22,24). The van der Waals surface area contributed by atoms with Crippen LogP contribution < -0.4 is 5.32 Å². The molecule has 0 heterocycles. The zero-order valence-corrected chi connectivity index (χ0v) is 18.1. The van der Waals surface area contributed by atoms with Crippen molar-refractivity contribution in [2.24, 2.45) is 0 Å². The van der Waals surface area contributed by atoms with Crippen molar-refractivity contribution in [3.63, 3.8) is 0 Å². The summed E-state index contributed by atoms with van der Waals surface area (Å²) in [5.41, 5.74) is 0.347. The highest BCUT2D eigenvalue weighted by molar-refractivity contribution is 7.89. The number of esters is 1. The maximum Gasteiger partial charge on any atom is 0.338 e. The highest BCUT2D eigenvalue weighted by Crippen LogP contribution is 2.25. The number of hydrogen-bond donors (Lipinski definition) is 1. The molecule has 0 aliphatic heterocycles. The van der Waals surface area contributed by atoms with Gasteiger partial charge in [0.25, 0.3) is 5.91 Å². The zero-order chi connectivity index (χ0) is 21.6. The Morgan fingerprint density at radius 2 is 1.76 bits per heavy atom. The average Bonchev–Trinajstić information content (AvgIpc) is 2.69. The molecule has 1 N–H and O–H groups in total. The predicted molar refractivity (Wildman–Crippen MR) is 112 cm³/mol. The first-order valence-corrected chi connectivity index (χ1v) is 10.9. The van der Waals surface area contributed by atoms with E-state index in [2.05, 4.69) is 5.32 Å². The molecular weight excluding hydrogens is 439 g/mol. The Kier molecular flexibility index (Phi) is 8.04. The fourth-order valence-corrected chi connectivity index (χ4v) is 4.45. The number of ether oxygens (including phenoxy) is 1. The van der Waals surface area contributed by atoms with Crippen LogP contribution in [0.3, 0.4) is 0 Å². The lowest BCUT2D eigenvalue weighted by Crippen LogP contribution is -2.30. The van der Waals surface area contributed by atoms with Crippen molar-refractivity contribution in [1.82, 2.24) is 4.31 Å². The fourth-order valence-electron chi connectivity index (χ4n) is 2.49. The summed E-state index contributed by atoms with van der Waals surface area (Å²) in [6.45, 7) is 3.50. The van der Waals surface area contributed by atoms with Crippen molar-refractivity contribution >= 4 is 50.8 Å². The third-order valence-corrected chi connectivity index (χ3v) is 6.55. The molecule has 0 bridgehead atoms. The third-order valence-electron chi connectivity index (χ3n) is 3.95. The summed E-state index contributed by atoms with van der Waals surface area (Å²) < 4.78 is 31.4. The molecule has 0 saturated carbocycles. The number of anilines is 1. The molecule has 156 valence electrons. The normalized spacial score (nSPS) is 11.3. The van der Waals surface area contributed by atoms with E-state index in [1.807, 2.05) is 0 Å². The smallest absolute Gasteiger partial charge is 0.338 e. The number of sulfonamides is 1. The summed E-state index contributed by atoms with van der Waals surface area (Å²) >= 11 is 11.8.